The number of anilines is 1. The molecule has 6 heteroatoms. The number of carbonyl (C=O) groups excluding carboxylic acids is 1. The van der Waals surface area contributed by atoms with Gasteiger partial charge in [0.15, 0.2) is 0 Å². The van der Waals surface area contributed by atoms with Crippen molar-refractivity contribution in [3.63, 3.8) is 0 Å². The molecular formula is C29H35N3O2S. The predicted octanol–water partition coefficient (Wildman–Crippen LogP) is 4.51. The van der Waals surface area contributed by atoms with Gasteiger partial charge in [-0.1, -0.05) is 30.3 Å². The molecule has 35 heavy (non-hydrogen) atoms. The zero-order valence-electron chi connectivity index (χ0n) is 20.6. The van der Waals surface area contributed by atoms with Crippen LogP contribution in [-0.2, 0) is 24.1 Å². The van der Waals surface area contributed by atoms with Gasteiger partial charge in [-0.05, 0) is 66.1 Å². The SMILES string of the molecule is COc1ccc2c(c1)CC(N(CCN1CCN(c3ccccc3)CC1)C(=O)Cc1cccs1)CC2. The van der Waals surface area contributed by atoms with Crippen LogP contribution in [0.1, 0.15) is 22.4 Å². The maximum atomic E-state index is 13.5. The molecule has 2 aliphatic rings. The second-order valence-electron chi connectivity index (χ2n) is 9.54. The predicted molar refractivity (Wildman–Crippen MR) is 144 cm³/mol. The number of hydrogen-bond donors (Lipinski definition) is 0. The number of fused-ring (bicyclic) bond motifs is 1. The van der Waals surface area contributed by atoms with Crippen molar-refractivity contribution in [2.75, 3.05) is 51.3 Å². The van der Waals surface area contributed by atoms with Gasteiger partial charge in [-0.2, -0.15) is 0 Å². The Morgan fingerprint density at radius 2 is 1.86 bits per heavy atom. The van der Waals surface area contributed by atoms with E-state index in [4.69, 9.17) is 4.74 Å². The molecule has 0 bridgehead atoms. The van der Waals surface area contributed by atoms with E-state index in [0.29, 0.717) is 6.42 Å². The number of benzene rings is 2. The average Bonchev–Trinajstić information content (AvgIpc) is 3.42. The van der Waals surface area contributed by atoms with Gasteiger partial charge in [-0.3, -0.25) is 9.69 Å². The van der Waals surface area contributed by atoms with Crippen LogP contribution in [0.2, 0.25) is 0 Å². The molecule has 5 rings (SSSR count). The summed E-state index contributed by atoms with van der Waals surface area (Å²) in [5.41, 5.74) is 4.02. The van der Waals surface area contributed by atoms with Gasteiger partial charge in [0.2, 0.25) is 5.91 Å². The van der Waals surface area contributed by atoms with Crippen molar-refractivity contribution in [3.05, 3.63) is 82.0 Å². The lowest BCUT2D eigenvalue weighted by molar-refractivity contribution is -0.133. The number of carbonyl (C=O) groups is 1. The van der Waals surface area contributed by atoms with E-state index >= 15 is 0 Å². The highest BCUT2D eigenvalue weighted by atomic mass is 32.1. The van der Waals surface area contributed by atoms with Crippen LogP contribution in [0.5, 0.6) is 5.75 Å². The summed E-state index contributed by atoms with van der Waals surface area (Å²) in [5, 5.41) is 2.06. The number of hydrogen-bond acceptors (Lipinski definition) is 5. The summed E-state index contributed by atoms with van der Waals surface area (Å²) in [6.07, 6.45) is 3.45. The van der Waals surface area contributed by atoms with Gasteiger partial charge < -0.3 is 14.5 Å². The Hall–Kier alpha value is -2.83. The molecule has 0 N–H and O–H groups in total. The second-order valence-corrected chi connectivity index (χ2v) is 10.6. The molecule has 1 amide bonds. The van der Waals surface area contributed by atoms with Gasteiger partial charge in [0.25, 0.3) is 0 Å². The summed E-state index contributed by atoms with van der Waals surface area (Å²) in [7, 11) is 1.72. The molecule has 5 nitrogen and oxygen atoms in total. The number of para-hydroxylation sites is 1. The molecule has 0 spiro atoms. The van der Waals surface area contributed by atoms with Crippen molar-refractivity contribution in [1.82, 2.24) is 9.80 Å². The van der Waals surface area contributed by atoms with Crippen LogP contribution in [0.25, 0.3) is 0 Å². The third-order valence-electron chi connectivity index (χ3n) is 7.43. The fourth-order valence-electron chi connectivity index (χ4n) is 5.40. The van der Waals surface area contributed by atoms with Gasteiger partial charge in [0.1, 0.15) is 5.75 Å². The third kappa shape index (κ3) is 5.88. The second kappa shape index (κ2) is 11.3. The number of methoxy groups -OCH3 is 1. The zero-order chi connectivity index (χ0) is 24.0. The van der Waals surface area contributed by atoms with Gasteiger partial charge >= 0.3 is 0 Å². The molecule has 0 radical (unpaired) electrons. The molecule has 1 aliphatic heterocycles. The van der Waals surface area contributed by atoms with Crippen molar-refractivity contribution in [2.24, 2.45) is 0 Å². The van der Waals surface area contributed by atoms with Crippen LogP contribution in [-0.4, -0.2) is 68.1 Å². The first-order chi connectivity index (χ1) is 17.2. The molecule has 2 aromatic carbocycles. The molecule has 184 valence electrons. The zero-order valence-corrected chi connectivity index (χ0v) is 21.4. The maximum Gasteiger partial charge on any atom is 0.228 e. The number of piperazine rings is 1. The quantitative estimate of drug-likeness (QED) is 0.467. The Kier molecular flexibility index (Phi) is 7.69. The molecule has 3 aromatic rings. The maximum absolute atomic E-state index is 13.5. The minimum absolute atomic E-state index is 0.243. The van der Waals surface area contributed by atoms with Gasteiger partial charge in [0.05, 0.1) is 13.5 Å². The number of thiophene rings is 1. The van der Waals surface area contributed by atoms with E-state index in [9.17, 15) is 4.79 Å². The van der Waals surface area contributed by atoms with E-state index in [1.54, 1.807) is 18.4 Å². The molecule has 1 atom stereocenters. The first-order valence-electron chi connectivity index (χ1n) is 12.7. The fraction of sp³-hybridized carbons (Fsp3) is 0.414. The summed E-state index contributed by atoms with van der Waals surface area (Å²) >= 11 is 1.67. The van der Waals surface area contributed by atoms with Crippen molar-refractivity contribution >= 4 is 22.9 Å². The van der Waals surface area contributed by atoms with Crippen molar-refractivity contribution in [3.8, 4) is 5.75 Å². The fourth-order valence-corrected chi connectivity index (χ4v) is 6.10. The Bertz CT molecular complexity index is 1090. The van der Waals surface area contributed by atoms with Crippen LogP contribution in [0, 0.1) is 0 Å². The Morgan fingerprint density at radius 1 is 1.03 bits per heavy atom. The Balaban J connectivity index is 1.24. The molecular weight excluding hydrogens is 454 g/mol. The van der Waals surface area contributed by atoms with Gasteiger partial charge in [0, 0.05) is 55.9 Å². The van der Waals surface area contributed by atoms with Crippen molar-refractivity contribution in [1.29, 1.82) is 0 Å². The lowest BCUT2D eigenvalue weighted by Crippen LogP contribution is -2.51. The summed E-state index contributed by atoms with van der Waals surface area (Å²) in [4.78, 5) is 21.8. The summed E-state index contributed by atoms with van der Waals surface area (Å²) in [6, 6.07) is 21.4. The number of rotatable bonds is 8. The minimum Gasteiger partial charge on any atom is -0.497 e. The van der Waals surface area contributed by atoms with Crippen LogP contribution in [0.15, 0.2) is 66.0 Å². The van der Waals surface area contributed by atoms with Crippen LogP contribution in [0.3, 0.4) is 0 Å². The molecule has 1 saturated heterocycles. The minimum atomic E-state index is 0.243. The lowest BCUT2D eigenvalue weighted by atomic mass is 9.87. The first kappa shape index (κ1) is 23.9. The van der Waals surface area contributed by atoms with Gasteiger partial charge in [-0.15, -0.1) is 11.3 Å². The van der Waals surface area contributed by atoms with Crippen molar-refractivity contribution in [2.45, 2.75) is 31.7 Å². The van der Waals surface area contributed by atoms with E-state index in [2.05, 4.69) is 68.6 Å². The van der Waals surface area contributed by atoms with Crippen LogP contribution in [0.4, 0.5) is 5.69 Å². The third-order valence-corrected chi connectivity index (χ3v) is 8.31. The number of aryl methyl sites for hydroxylation is 1. The van der Waals surface area contributed by atoms with Crippen LogP contribution < -0.4 is 9.64 Å². The largest absolute Gasteiger partial charge is 0.497 e. The van der Waals surface area contributed by atoms with E-state index in [-0.39, 0.29) is 11.9 Å². The van der Waals surface area contributed by atoms with E-state index in [0.717, 1.165) is 69.2 Å². The smallest absolute Gasteiger partial charge is 0.228 e. The molecule has 0 saturated carbocycles. The normalized spacial score (nSPS) is 18.2. The van der Waals surface area contributed by atoms with Crippen LogP contribution >= 0.6 is 11.3 Å². The monoisotopic (exact) mass is 489 g/mol. The topological polar surface area (TPSA) is 36.0 Å². The van der Waals surface area contributed by atoms with Crippen molar-refractivity contribution < 1.29 is 9.53 Å². The summed E-state index contributed by atoms with van der Waals surface area (Å²) < 4.78 is 5.47. The number of ether oxygens (including phenoxy) is 1. The summed E-state index contributed by atoms with van der Waals surface area (Å²) in [6.45, 7) is 5.85. The number of amides is 1. The Labute approximate surface area is 212 Å². The molecule has 1 fully saturated rings. The highest BCUT2D eigenvalue weighted by Crippen LogP contribution is 2.28. The molecule has 1 aliphatic carbocycles. The highest BCUT2D eigenvalue weighted by molar-refractivity contribution is 7.10. The standard InChI is InChI=1S/C29H35N3O2S/c1-34-27-12-10-23-9-11-26(20-24(23)21-27)32(29(33)22-28-8-5-19-35-28)18-15-30-13-16-31(17-14-30)25-6-3-2-4-7-25/h2-8,10,12,19,21,26H,9,11,13-18,20,22H2,1H3. The Morgan fingerprint density at radius 3 is 2.60 bits per heavy atom. The van der Waals surface area contributed by atoms with Gasteiger partial charge in [-0.25, -0.2) is 0 Å². The van der Waals surface area contributed by atoms with E-state index < -0.39 is 0 Å². The lowest BCUT2D eigenvalue weighted by Gasteiger charge is -2.39. The summed E-state index contributed by atoms with van der Waals surface area (Å²) in [5.74, 6) is 1.16. The average molecular weight is 490 g/mol. The molecule has 2 heterocycles. The highest BCUT2D eigenvalue weighted by Gasteiger charge is 2.29. The van der Waals surface area contributed by atoms with E-state index in [1.807, 2.05) is 12.1 Å². The first-order valence-corrected chi connectivity index (χ1v) is 13.6. The molecule has 1 aromatic heterocycles. The number of nitrogens with zero attached hydrogens (tertiary/aromatic N) is 3. The molecule has 1 unspecified atom stereocenters. The van der Waals surface area contributed by atoms with E-state index in [1.165, 1.54) is 16.8 Å².